The topological polar surface area (TPSA) is 126 Å². The van der Waals surface area contributed by atoms with Gasteiger partial charge in [0.1, 0.15) is 17.7 Å². The molecule has 0 amide bonds. The van der Waals surface area contributed by atoms with E-state index in [4.69, 9.17) is 25.2 Å². The Hall–Kier alpha value is -3.03. The van der Waals surface area contributed by atoms with Crippen LogP contribution in [0.3, 0.4) is 0 Å². The SMILES string of the molecule is N#Cc1nc(N)ncc1-c1nc(N2CCOCC2)c2c(n1)N1CCOC[C@@H]1C2. The van der Waals surface area contributed by atoms with E-state index >= 15 is 0 Å². The van der Waals surface area contributed by atoms with Crippen LogP contribution in [0.1, 0.15) is 11.3 Å². The summed E-state index contributed by atoms with van der Waals surface area (Å²) in [6.45, 7) is 5.03. The lowest BCUT2D eigenvalue weighted by molar-refractivity contribution is 0.0973. The molecule has 2 aromatic heterocycles. The predicted octanol–water partition coefficient (Wildman–Crippen LogP) is -0.0146. The van der Waals surface area contributed by atoms with E-state index in [0.29, 0.717) is 37.8 Å². The molecule has 0 spiro atoms. The second-order valence-corrected chi connectivity index (χ2v) is 7.00. The highest BCUT2D eigenvalue weighted by Gasteiger charge is 2.37. The fourth-order valence-corrected chi connectivity index (χ4v) is 4.02. The maximum atomic E-state index is 9.50. The molecule has 10 nitrogen and oxygen atoms in total. The Kier molecular flexibility index (Phi) is 4.18. The first-order chi connectivity index (χ1) is 13.7. The second kappa shape index (κ2) is 6.85. The number of hydrogen-bond acceptors (Lipinski definition) is 10. The third-order valence-electron chi connectivity index (χ3n) is 5.37. The highest BCUT2D eigenvalue weighted by atomic mass is 16.5. The molecule has 0 bridgehead atoms. The van der Waals surface area contributed by atoms with E-state index < -0.39 is 0 Å². The summed E-state index contributed by atoms with van der Waals surface area (Å²) in [6, 6.07) is 2.35. The van der Waals surface area contributed by atoms with Crippen molar-refractivity contribution >= 4 is 17.6 Å². The van der Waals surface area contributed by atoms with Gasteiger partial charge >= 0.3 is 0 Å². The minimum atomic E-state index is 0.0584. The molecular formula is C18H20N8O2. The average molecular weight is 380 g/mol. The van der Waals surface area contributed by atoms with E-state index in [0.717, 1.165) is 43.3 Å². The molecule has 1 atom stereocenters. The van der Waals surface area contributed by atoms with Gasteiger partial charge in [-0.1, -0.05) is 0 Å². The number of nitrogen functional groups attached to an aromatic ring is 1. The monoisotopic (exact) mass is 380 g/mol. The number of nitrogens with zero attached hydrogens (tertiary/aromatic N) is 7. The molecule has 0 saturated carbocycles. The van der Waals surface area contributed by atoms with E-state index in [2.05, 4.69) is 25.8 Å². The smallest absolute Gasteiger partial charge is 0.221 e. The number of fused-ring (bicyclic) bond motifs is 3. The molecule has 2 fully saturated rings. The standard InChI is InChI=1S/C18H20N8O2/c19-8-14-13(9-21-18(20)22-14)15-23-16(25-1-4-27-5-2-25)12-7-11-10-28-6-3-26(11)17(12)24-15/h9,11H,1-7,10H2,(H2,20,21,22)/t11-/m0/s1. The molecule has 144 valence electrons. The lowest BCUT2D eigenvalue weighted by Gasteiger charge is -2.31. The quantitative estimate of drug-likeness (QED) is 0.760. The van der Waals surface area contributed by atoms with Crippen molar-refractivity contribution in [2.75, 3.05) is 61.6 Å². The van der Waals surface area contributed by atoms with Gasteiger partial charge in [-0.15, -0.1) is 0 Å². The number of anilines is 3. The fraction of sp³-hybridized carbons (Fsp3) is 0.500. The molecular weight excluding hydrogens is 360 g/mol. The minimum Gasteiger partial charge on any atom is -0.378 e. The van der Waals surface area contributed by atoms with Crippen molar-refractivity contribution in [2.24, 2.45) is 0 Å². The van der Waals surface area contributed by atoms with Crippen molar-refractivity contribution in [1.29, 1.82) is 5.26 Å². The van der Waals surface area contributed by atoms with Gasteiger partial charge in [0.15, 0.2) is 11.5 Å². The Labute approximate surface area is 161 Å². The maximum Gasteiger partial charge on any atom is 0.221 e. The molecule has 5 heterocycles. The molecule has 2 N–H and O–H groups in total. The summed E-state index contributed by atoms with van der Waals surface area (Å²) >= 11 is 0. The van der Waals surface area contributed by atoms with Gasteiger partial charge in [-0.3, -0.25) is 0 Å². The van der Waals surface area contributed by atoms with Gasteiger partial charge in [0.25, 0.3) is 0 Å². The molecule has 0 radical (unpaired) electrons. The largest absolute Gasteiger partial charge is 0.378 e. The lowest BCUT2D eigenvalue weighted by atomic mass is 10.1. The number of morpholine rings is 2. The minimum absolute atomic E-state index is 0.0584. The van der Waals surface area contributed by atoms with Gasteiger partial charge < -0.3 is 25.0 Å². The van der Waals surface area contributed by atoms with Crippen LogP contribution in [0.2, 0.25) is 0 Å². The third kappa shape index (κ3) is 2.80. The van der Waals surface area contributed by atoms with E-state index in [9.17, 15) is 5.26 Å². The predicted molar refractivity (Wildman–Crippen MR) is 101 cm³/mol. The van der Waals surface area contributed by atoms with Crippen LogP contribution in [0, 0.1) is 11.3 Å². The molecule has 0 unspecified atom stereocenters. The van der Waals surface area contributed by atoms with Gasteiger partial charge in [0.05, 0.1) is 38.0 Å². The Morgan fingerprint density at radius 3 is 2.68 bits per heavy atom. The zero-order valence-corrected chi connectivity index (χ0v) is 15.3. The summed E-state index contributed by atoms with van der Waals surface area (Å²) in [5.74, 6) is 2.32. The summed E-state index contributed by atoms with van der Waals surface area (Å²) in [7, 11) is 0. The van der Waals surface area contributed by atoms with Gasteiger partial charge in [0, 0.05) is 37.8 Å². The lowest BCUT2D eigenvalue weighted by Crippen LogP contribution is -2.43. The van der Waals surface area contributed by atoms with Crippen LogP contribution in [0.25, 0.3) is 11.4 Å². The third-order valence-corrected chi connectivity index (χ3v) is 5.37. The highest BCUT2D eigenvalue weighted by molar-refractivity contribution is 5.72. The van der Waals surface area contributed by atoms with E-state index in [-0.39, 0.29) is 17.7 Å². The highest BCUT2D eigenvalue weighted by Crippen LogP contribution is 2.39. The fourth-order valence-electron chi connectivity index (χ4n) is 4.02. The summed E-state index contributed by atoms with van der Waals surface area (Å²) in [5.41, 5.74) is 7.45. The van der Waals surface area contributed by atoms with Crippen molar-refractivity contribution in [3.05, 3.63) is 17.5 Å². The summed E-state index contributed by atoms with van der Waals surface area (Å²) in [6.07, 6.45) is 2.38. The van der Waals surface area contributed by atoms with Gasteiger partial charge in [0.2, 0.25) is 5.95 Å². The van der Waals surface area contributed by atoms with Gasteiger partial charge in [-0.05, 0) is 0 Å². The van der Waals surface area contributed by atoms with E-state index in [1.807, 2.05) is 0 Å². The average Bonchev–Trinajstić information content (AvgIpc) is 3.12. The van der Waals surface area contributed by atoms with E-state index in [1.165, 1.54) is 6.20 Å². The van der Waals surface area contributed by atoms with Gasteiger partial charge in [-0.2, -0.15) is 5.26 Å². The number of nitrogens with two attached hydrogens (primary N) is 1. The molecule has 0 aliphatic carbocycles. The molecule has 2 aromatic rings. The first-order valence-electron chi connectivity index (χ1n) is 9.35. The Morgan fingerprint density at radius 2 is 1.86 bits per heavy atom. The summed E-state index contributed by atoms with van der Waals surface area (Å²) in [4.78, 5) is 22.3. The van der Waals surface area contributed by atoms with Gasteiger partial charge in [-0.25, -0.2) is 19.9 Å². The van der Waals surface area contributed by atoms with Crippen LogP contribution in [0.5, 0.6) is 0 Å². The molecule has 2 saturated heterocycles. The zero-order chi connectivity index (χ0) is 19.1. The van der Waals surface area contributed by atoms with Crippen LogP contribution in [-0.2, 0) is 15.9 Å². The van der Waals surface area contributed by atoms with Crippen molar-refractivity contribution in [3.8, 4) is 17.5 Å². The number of ether oxygens (including phenoxy) is 2. The van der Waals surface area contributed by atoms with Crippen molar-refractivity contribution in [2.45, 2.75) is 12.5 Å². The second-order valence-electron chi connectivity index (χ2n) is 7.00. The van der Waals surface area contributed by atoms with Crippen LogP contribution >= 0.6 is 0 Å². The number of aromatic nitrogens is 4. The van der Waals surface area contributed by atoms with Crippen molar-refractivity contribution < 1.29 is 9.47 Å². The first-order valence-corrected chi connectivity index (χ1v) is 9.35. The number of nitriles is 1. The molecule has 3 aliphatic rings. The zero-order valence-electron chi connectivity index (χ0n) is 15.3. The Morgan fingerprint density at radius 1 is 1.07 bits per heavy atom. The van der Waals surface area contributed by atoms with Crippen LogP contribution in [-0.4, -0.2) is 72.0 Å². The van der Waals surface area contributed by atoms with Crippen LogP contribution in [0.15, 0.2) is 6.20 Å². The van der Waals surface area contributed by atoms with E-state index in [1.54, 1.807) is 0 Å². The number of rotatable bonds is 2. The molecule has 10 heteroatoms. The van der Waals surface area contributed by atoms with Crippen molar-refractivity contribution in [1.82, 2.24) is 19.9 Å². The maximum absolute atomic E-state index is 9.50. The summed E-state index contributed by atoms with van der Waals surface area (Å²) in [5, 5.41) is 9.50. The molecule has 3 aliphatic heterocycles. The van der Waals surface area contributed by atoms with Crippen LogP contribution < -0.4 is 15.5 Å². The molecule has 28 heavy (non-hydrogen) atoms. The Balaban J connectivity index is 1.66. The normalized spacial score (nSPS) is 21.2. The summed E-state index contributed by atoms with van der Waals surface area (Å²) < 4.78 is 11.2. The first kappa shape index (κ1) is 17.1. The molecule has 5 rings (SSSR count). The molecule has 0 aromatic carbocycles. The Bertz CT molecular complexity index is 953. The number of hydrogen-bond donors (Lipinski definition) is 1. The van der Waals surface area contributed by atoms with Crippen LogP contribution in [0.4, 0.5) is 17.6 Å². The van der Waals surface area contributed by atoms with Crippen molar-refractivity contribution in [3.63, 3.8) is 0 Å².